The Balaban J connectivity index is 0.00000208. The molecule has 7 nitrogen and oxygen atoms in total. The molecule has 2 heterocycles. The lowest BCUT2D eigenvalue weighted by molar-refractivity contribution is -0.131. The molecule has 8 heteroatoms. The van der Waals surface area contributed by atoms with Gasteiger partial charge in [0.2, 0.25) is 17.7 Å². The Morgan fingerprint density at radius 3 is 2.62 bits per heavy atom. The number of hydrogen-bond donors (Lipinski definition) is 4. The molecule has 3 fully saturated rings. The highest BCUT2D eigenvalue weighted by atomic mass is 35.5. The molecule has 24 heavy (non-hydrogen) atoms. The van der Waals surface area contributed by atoms with Crippen LogP contribution in [0.15, 0.2) is 0 Å². The second-order valence-electron chi connectivity index (χ2n) is 7.25. The van der Waals surface area contributed by atoms with Gasteiger partial charge in [0.25, 0.3) is 0 Å². The molecular formula is C16H26ClN3O4. The van der Waals surface area contributed by atoms with E-state index in [-0.39, 0.29) is 42.0 Å². The molecule has 0 bridgehead atoms. The lowest BCUT2D eigenvalue weighted by Crippen LogP contribution is -2.60. The standard InChI is InChI=1S/C16H25N3O4.ClH/c1-8(2-3-9-6-7-18-13(9)21)16(15(17)23)10-4-5-11(20)12(10)14(22)19-16;/h8-12,20H,2-7H2,1H3,(H2,17,23)(H,18,21)(H,19,22);1H/t8?,9-,10?,11?,12?,16?;/m0./s1. The van der Waals surface area contributed by atoms with Crippen molar-refractivity contribution in [2.75, 3.05) is 6.54 Å². The second kappa shape index (κ2) is 6.88. The van der Waals surface area contributed by atoms with Gasteiger partial charge >= 0.3 is 0 Å². The Kier molecular flexibility index (Phi) is 5.44. The summed E-state index contributed by atoms with van der Waals surface area (Å²) in [6, 6.07) is 0. The fraction of sp³-hybridized carbons (Fsp3) is 0.812. The highest BCUT2D eigenvalue weighted by Crippen LogP contribution is 2.48. The van der Waals surface area contributed by atoms with Gasteiger partial charge in [-0.05, 0) is 38.0 Å². The van der Waals surface area contributed by atoms with E-state index in [1.165, 1.54) is 0 Å². The van der Waals surface area contributed by atoms with Crippen LogP contribution in [0.4, 0.5) is 0 Å². The Morgan fingerprint density at radius 2 is 2.04 bits per heavy atom. The summed E-state index contributed by atoms with van der Waals surface area (Å²) < 4.78 is 0. The maximum atomic E-state index is 12.3. The van der Waals surface area contributed by atoms with E-state index in [2.05, 4.69) is 10.6 Å². The van der Waals surface area contributed by atoms with E-state index in [0.717, 1.165) is 6.42 Å². The van der Waals surface area contributed by atoms with E-state index in [9.17, 15) is 19.5 Å². The quantitative estimate of drug-likeness (QED) is 0.538. The van der Waals surface area contributed by atoms with Gasteiger partial charge in [-0.3, -0.25) is 14.4 Å². The molecule has 2 saturated heterocycles. The zero-order valence-corrected chi connectivity index (χ0v) is 14.6. The molecule has 3 aliphatic rings. The summed E-state index contributed by atoms with van der Waals surface area (Å²) in [5.41, 5.74) is 4.59. The molecule has 0 radical (unpaired) electrons. The molecule has 5 unspecified atom stereocenters. The van der Waals surface area contributed by atoms with Gasteiger partial charge in [0.1, 0.15) is 5.54 Å². The summed E-state index contributed by atoms with van der Waals surface area (Å²) in [6.45, 7) is 2.61. The first-order valence-corrected chi connectivity index (χ1v) is 8.45. The van der Waals surface area contributed by atoms with Gasteiger partial charge < -0.3 is 21.5 Å². The first-order valence-electron chi connectivity index (χ1n) is 8.45. The van der Waals surface area contributed by atoms with E-state index >= 15 is 0 Å². The van der Waals surface area contributed by atoms with E-state index in [0.29, 0.717) is 32.2 Å². The van der Waals surface area contributed by atoms with Crippen molar-refractivity contribution in [1.29, 1.82) is 0 Å². The monoisotopic (exact) mass is 359 g/mol. The number of primary amides is 1. The van der Waals surface area contributed by atoms with Crippen LogP contribution in [0, 0.1) is 23.7 Å². The fourth-order valence-corrected chi connectivity index (χ4v) is 4.80. The molecule has 3 rings (SSSR count). The summed E-state index contributed by atoms with van der Waals surface area (Å²) in [6.07, 6.45) is 2.57. The largest absolute Gasteiger partial charge is 0.392 e. The van der Waals surface area contributed by atoms with Crippen LogP contribution >= 0.6 is 12.4 Å². The van der Waals surface area contributed by atoms with Crippen LogP contribution in [0.1, 0.15) is 39.0 Å². The van der Waals surface area contributed by atoms with Gasteiger partial charge in [0, 0.05) is 18.4 Å². The van der Waals surface area contributed by atoms with E-state index < -0.39 is 23.5 Å². The maximum Gasteiger partial charge on any atom is 0.243 e. The highest BCUT2D eigenvalue weighted by Gasteiger charge is 2.62. The molecule has 2 aliphatic heterocycles. The number of carbonyl (C=O) groups is 3. The molecule has 0 aromatic heterocycles. The molecule has 0 aromatic rings. The number of amides is 3. The third kappa shape index (κ3) is 2.77. The zero-order chi connectivity index (χ0) is 16.8. The van der Waals surface area contributed by atoms with Crippen LogP contribution in [-0.4, -0.2) is 41.0 Å². The van der Waals surface area contributed by atoms with Crippen molar-refractivity contribution in [3.8, 4) is 0 Å². The summed E-state index contributed by atoms with van der Waals surface area (Å²) >= 11 is 0. The number of fused-ring (bicyclic) bond motifs is 1. The Labute approximate surface area is 147 Å². The van der Waals surface area contributed by atoms with Gasteiger partial charge in [-0.25, -0.2) is 0 Å². The summed E-state index contributed by atoms with van der Waals surface area (Å²) in [5, 5.41) is 15.7. The van der Waals surface area contributed by atoms with E-state index in [4.69, 9.17) is 5.73 Å². The molecule has 6 atom stereocenters. The van der Waals surface area contributed by atoms with Crippen LogP contribution in [-0.2, 0) is 14.4 Å². The van der Waals surface area contributed by atoms with Crippen molar-refractivity contribution in [2.45, 2.75) is 50.7 Å². The van der Waals surface area contributed by atoms with Crippen molar-refractivity contribution in [3.63, 3.8) is 0 Å². The number of hydrogen-bond acceptors (Lipinski definition) is 4. The van der Waals surface area contributed by atoms with Gasteiger partial charge in [-0.2, -0.15) is 0 Å². The molecular weight excluding hydrogens is 334 g/mol. The van der Waals surface area contributed by atoms with Crippen LogP contribution < -0.4 is 16.4 Å². The van der Waals surface area contributed by atoms with Crippen molar-refractivity contribution in [2.24, 2.45) is 29.4 Å². The fourth-order valence-electron chi connectivity index (χ4n) is 4.80. The minimum absolute atomic E-state index is 0. The third-order valence-electron chi connectivity index (χ3n) is 6.14. The molecule has 0 aromatic carbocycles. The molecule has 3 amide bonds. The van der Waals surface area contributed by atoms with Crippen molar-refractivity contribution in [3.05, 3.63) is 0 Å². The number of aliphatic hydroxyl groups excluding tert-OH is 1. The topological polar surface area (TPSA) is 122 Å². The molecule has 5 N–H and O–H groups in total. The third-order valence-corrected chi connectivity index (χ3v) is 6.14. The van der Waals surface area contributed by atoms with Crippen molar-refractivity contribution >= 4 is 30.1 Å². The normalized spacial score (nSPS) is 38.9. The van der Waals surface area contributed by atoms with Gasteiger partial charge in [-0.1, -0.05) is 6.92 Å². The summed E-state index contributed by atoms with van der Waals surface area (Å²) in [4.78, 5) is 36.2. The number of nitrogens with two attached hydrogens (primary N) is 1. The smallest absolute Gasteiger partial charge is 0.243 e. The van der Waals surface area contributed by atoms with E-state index in [1.54, 1.807) is 0 Å². The van der Waals surface area contributed by atoms with Crippen LogP contribution in [0.2, 0.25) is 0 Å². The Morgan fingerprint density at radius 1 is 1.33 bits per heavy atom. The predicted molar refractivity (Wildman–Crippen MR) is 89.1 cm³/mol. The Hall–Kier alpha value is -1.34. The summed E-state index contributed by atoms with van der Waals surface area (Å²) in [7, 11) is 0. The minimum atomic E-state index is -1.10. The second-order valence-corrected chi connectivity index (χ2v) is 7.25. The molecule has 1 aliphatic carbocycles. The lowest BCUT2D eigenvalue weighted by atomic mass is 9.71. The molecule has 0 spiro atoms. The Bertz CT molecular complexity index is 543. The number of rotatable bonds is 5. The van der Waals surface area contributed by atoms with Gasteiger partial charge in [0.15, 0.2) is 0 Å². The first kappa shape index (κ1) is 19.0. The number of carbonyl (C=O) groups excluding carboxylic acids is 3. The lowest BCUT2D eigenvalue weighted by Gasteiger charge is -2.37. The number of nitrogens with one attached hydrogen (secondary N) is 2. The van der Waals surface area contributed by atoms with E-state index in [1.807, 2.05) is 6.92 Å². The maximum absolute atomic E-state index is 12.3. The van der Waals surface area contributed by atoms with Crippen molar-refractivity contribution in [1.82, 2.24) is 10.6 Å². The average molecular weight is 360 g/mol. The molecule has 136 valence electrons. The SMILES string of the molecule is CC(CC[C@H]1CCNC1=O)C1(C(N)=O)NC(=O)C2C(O)CCC21.Cl. The highest BCUT2D eigenvalue weighted by molar-refractivity contribution is 5.96. The number of halogens is 1. The number of aliphatic hydroxyl groups is 1. The molecule has 1 saturated carbocycles. The van der Waals surface area contributed by atoms with Crippen molar-refractivity contribution < 1.29 is 19.5 Å². The van der Waals surface area contributed by atoms with Gasteiger partial charge in [-0.15, -0.1) is 12.4 Å². The average Bonchev–Trinajstić information content (AvgIpc) is 3.15. The minimum Gasteiger partial charge on any atom is -0.392 e. The van der Waals surface area contributed by atoms with Gasteiger partial charge in [0.05, 0.1) is 12.0 Å². The first-order chi connectivity index (χ1) is 10.9. The summed E-state index contributed by atoms with van der Waals surface area (Å²) in [5.74, 6) is -1.73. The predicted octanol–water partition coefficient (Wildman–Crippen LogP) is -0.298. The van der Waals surface area contributed by atoms with Crippen LogP contribution in [0.5, 0.6) is 0 Å². The zero-order valence-electron chi connectivity index (χ0n) is 13.8. The van der Waals surface area contributed by atoms with Crippen LogP contribution in [0.3, 0.4) is 0 Å². The van der Waals surface area contributed by atoms with Crippen LogP contribution in [0.25, 0.3) is 0 Å².